The summed E-state index contributed by atoms with van der Waals surface area (Å²) in [5.74, 6) is 0.366. The minimum Gasteiger partial charge on any atom is -0.345 e. The molecule has 0 amide bonds. The van der Waals surface area contributed by atoms with Gasteiger partial charge in [0.2, 0.25) is 0 Å². The smallest absolute Gasteiger partial charge is 0.156 e. The third kappa shape index (κ3) is 1.68. The van der Waals surface area contributed by atoms with E-state index in [4.69, 9.17) is 0 Å². The molecule has 3 aromatic heterocycles. The van der Waals surface area contributed by atoms with E-state index >= 15 is 0 Å². The Morgan fingerprint density at radius 3 is 2.94 bits per heavy atom. The van der Waals surface area contributed by atoms with Crippen LogP contribution < -0.4 is 0 Å². The number of rotatable bonds is 2. The molecule has 0 saturated heterocycles. The summed E-state index contributed by atoms with van der Waals surface area (Å²) in [6, 6.07) is 1.93. The maximum absolute atomic E-state index is 4.61. The molecular weight excluding hydrogens is 226 g/mol. The highest BCUT2D eigenvalue weighted by Gasteiger charge is 2.15. The highest BCUT2D eigenvalue weighted by Crippen LogP contribution is 2.26. The molecule has 92 valence electrons. The predicted octanol–water partition coefficient (Wildman–Crippen LogP) is 2.48. The average molecular weight is 241 g/mol. The zero-order chi connectivity index (χ0) is 12.7. The van der Waals surface area contributed by atoms with Crippen LogP contribution in [0.5, 0.6) is 0 Å². The molecule has 3 heterocycles. The molecule has 18 heavy (non-hydrogen) atoms. The topological polar surface area (TPSA) is 59.4 Å². The molecule has 0 unspecified atom stereocenters. The molecule has 3 aromatic rings. The normalized spacial score (nSPS) is 11.6. The quantitative estimate of drug-likeness (QED) is 0.749. The lowest BCUT2D eigenvalue weighted by Gasteiger charge is -2.04. The molecule has 3 rings (SSSR count). The lowest BCUT2D eigenvalue weighted by atomic mass is 10.0. The van der Waals surface area contributed by atoms with Gasteiger partial charge in [-0.3, -0.25) is 4.68 Å². The summed E-state index contributed by atoms with van der Waals surface area (Å²) in [7, 11) is 1.93. The summed E-state index contributed by atoms with van der Waals surface area (Å²) in [6.07, 6.45) is 5.64. The van der Waals surface area contributed by atoms with E-state index < -0.39 is 0 Å². The van der Waals surface area contributed by atoms with Gasteiger partial charge >= 0.3 is 0 Å². The minimum atomic E-state index is 0.366. The average Bonchev–Trinajstić information content (AvgIpc) is 2.93. The van der Waals surface area contributed by atoms with Gasteiger partial charge in [-0.25, -0.2) is 9.97 Å². The van der Waals surface area contributed by atoms with Crippen LogP contribution in [0.25, 0.3) is 22.4 Å². The molecule has 5 nitrogen and oxygen atoms in total. The molecule has 0 bridgehead atoms. The van der Waals surface area contributed by atoms with Gasteiger partial charge < -0.3 is 4.98 Å². The zero-order valence-electron chi connectivity index (χ0n) is 10.7. The van der Waals surface area contributed by atoms with E-state index in [1.54, 1.807) is 6.20 Å². The third-order valence-corrected chi connectivity index (χ3v) is 2.94. The fourth-order valence-electron chi connectivity index (χ4n) is 2.09. The van der Waals surface area contributed by atoms with Crippen LogP contribution >= 0.6 is 0 Å². The van der Waals surface area contributed by atoms with Gasteiger partial charge in [0.15, 0.2) is 5.65 Å². The van der Waals surface area contributed by atoms with Gasteiger partial charge in [0, 0.05) is 25.0 Å². The van der Waals surface area contributed by atoms with Crippen molar-refractivity contribution in [1.29, 1.82) is 0 Å². The van der Waals surface area contributed by atoms with Crippen LogP contribution in [0.1, 0.15) is 25.5 Å². The van der Waals surface area contributed by atoms with Crippen LogP contribution in [0.3, 0.4) is 0 Å². The number of H-pyrrole nitrogens is 1. The largest absolute Gasteiger partial charge is 0.345 e. The molecule has 0 aromatic carbocycles. The van der Waals surface area contributed by atoms with Crippen LogP contribution in [0.2, 0.25) is 0 Å². The maximum atomic E-state index is 4.61. The summed E-state index contributed by atoms with van der Waals surface area (Å²) in [5.41, 5.74) is 4.68. The number of nitrogens with zero attached hydrogens (tertiary/aromatic N) is 4. The minimum absolute atomic E-state index is 0.366. The van der Waals surface area contributed by atoms with Crippen molar-refractivity contribution >= 4 is 11.2 Å². The molecule has 0 aliphatic carbocycles. The Kier molecular flexibility index (Phi) is 2.40. The van der Waals surface area contributed by atoms with Crippen molar-refractivity contribution in [2.75, 3.05) is 0 Å². The summed E-state index contributed by atoms with van der Waals surface area (Å²) in [6.45, 7) is 4.27. The SMILES string of the molecule is CC(C)c1nn(C)cc1-c1cnc2[nH]ccc2n1. The fourth-order valence-corrected chi connectivity index (χ4v) is 2.09. The Bertz CT molecular complexity index is 692. The van der Waals surface area contributed by atoms with Crippen molar-refractivity contribution in [1.82, 2.24) is 24.7 Å². The van der Waals surface area contributed by atoms with E-state index in [1.165, 1.54) is 0 Å². The lowest BCUT2D eigenvalue weighted by molar-refractivity contribution is 0.713. The van der Waals surface area contributed by atoms with E-state index in [9.17, 15) is 0 Å². The number of nitrogens with one attached hydrogen (secondary N) is 1. The second-order valence-corrected chi connectivity index (χ2v) is 4.72. The van der Waals surface area contributed by atoms with E-state index in [-0.39, 0.29) is 0 Å². The number of fused-ring (bicyclic) bond motifs is 1. The molecule has 0 radical (unpaired) electrons. The summed E-state index contributed by atoms with van der Waals surface area (Å²) < 4.78 is 1.83. The predicted molar refractivity (Wildman–Crippen MR) is 70.2 cm³/mol. The Hall–Kier alpha value is -2.17. The molecule has 0 atom stereocenters. The Balaban J connectivity index is 2.18. The number of hydrogen-bond donors (Lipinski definition) is 1. The van der Waals surface area contributed by atoms with E-state index in [0.717, 1.165) is 28.1 Å². The fraction of sp³-hybridized carbons (Fsp3) is 0.308. The van der Waals surface area contributed by atoms with Crippen LogP contribution in [0.4, 0.5) is 0 Å². The van der Waals surface area contributed by atoms with Crippen molar-refractivity contribution in [3.05, 3.63) is 30.4 Å². The van der Waals surface area contributed by atoms with E-state index in [1.807, 2.05) is 30.2 Å². The Morgan fingerprint density at radius 2 is 2.17 bits per heavy atom. The summed E-state index contributed by atoms with van der Waals surface area (Å²) in [4.78, 5) is 12.0. The van der Waals surface area contributed by atoms with E-state index in [0.29, 0.717) is 5.92 Å². The first kappa shape index (κ1) is 11.0. The third-order valence-electron chi connectivity index (χ3n) is 2.94. The summed E-state index contributed by atoms with van der Waals surface area (Å²) in [5, 5.41) is 4.50. The zero-order valence-corrected chi connectivity index (χ0v) is 10.7. The van der Waals surface area contributed by atoms with Gasteiger partial charge in [0.05, 0.1) is 17.6 Å². The van der Waals surface area contributed by atoms with Gasteiger partial charge in [-0.2, -0.15) is 5.10 Å². The van der Waals surface area contributed by atoms with Gasteiger partial charge in [-0.1, -0.05) is 13.8 Å². The number of aryl methyl sites for hydroxylation is 1. The van der Waals surface area contributed by atoms with Crippen LogP contribution in [0, 0.1) is 0 Å². The van der Waals surface area contributed by atoms with Crippen LogP contribution in [-0.2, 0) is 7.05 Å². The van der Waals surface area contributed by atoms with Crippen molar-refractivity contribution < 1.29 is 0 Å². The molecule has 1 N–H and O–H groups in total. The number of aromatic amines is 1. The molecular formula is C13H15N5. The van der Waals surface area contributed by atoms with Crippen molar-refractivity contribution in [3.8, 4) is 11.3 Å². The first-order valence-corrected chi connectivity index (χ1v) is 5.99. The molecule has 0 aliphatic rings. The molecule has 0 spiro atoms. The Morgan fingerprint density at radius 1 is 1.33 bits per heavy atom. The van der Waals surface area contributed by atoms with Gasteiger partial charge in [0.1, 0.15) is 5.52 Å². The molecule has 0 aliphatic heterocycles. The van der Waals surface area contributed by atoms with Gasteiger partial charge in [0.25, 0.3) is 0 Å². The van der Waals surface area contributed by atoms with Crippen LogP contribution in [-0.4, -0.2) is 24.7 Å². The highest BCUT2D eigenvalue weighted by atomic mass is 15.3. The molecule has 0 saturated carbocycles. The second kappa shape index (κ2) is 3.94. The van der Waals surface area contributed by atoms with Gasteiger partial charge in [-0.05, 0) is 12.0 Å². The van der Waals surface area contributed by atoms with Gasteiger partial charge in [-0.15, -0.1) is 0 Å². The van der Waals surface area contributed by atoms with Crippen molar-refractivity contribution in [2.45, 2.75) is 19.8 Å². The van der Waals surface area contributed by atoms with E-state index in [2.05, 4.69) is 33.9 Å². The molecule has 0 fully saturated rings. The van der Waals surface area contributed by atoms with Crippen molar-refractivity contribution in [3.63, 3.8) is 0 Å². The number of aromatic nitrogens is 5. The molecule has 5 heteroatoms. The Labute approximate surface area is 105 Å². The second-order valence-electron chi connectivity index (χ2n) is 4.72. The van der Waals surface area contributed by atoms with Crippen molar-refractivity contribution in [2.24, 2.45) is 7.05 Å². The first-order chi connectivity index (χ1) is 8.65. The number of hydrogen-bond acceptors (Lipinski definition) is 3. The maximum Gasteiger partial charge on any atom is 0.156 e. The lowest BCUT2D eigenvalue weighted by Crippen LogP contribution is -1.94. The summed E-state index contributed by atoms with van der Waals surface area (Å²) >= 11 is 0. The first-order valence-electron chi connectivity index (χ1n) is 5.99. The van der Waals surface area contributed by atoms with Crippen LogP contribution in [0.15, 0.2) is 24.7 Å². The highest BCUT2D eigenvalue weighted by molar-refractivity contribution is 5.74. The monoisotopic (exact) mass is 241 g/mol. The standard InChI is InChI=1S/C13H15N5/c1-8(2)12-9(7-18(3)17-12)11-6-15-13-10(16-11)4-5-14-13/h4-8H,1-3H3,(H,14,15).